The third-order valence-corrected chi connectivity index (χ3v) is 5.71. The standard InChI is InChI=1S/C23H25NOS/c1-3-24(4-2)16-17-26-20-14-12-19(13-15-20)23(25)22-11-7-9-18-8-5-6-10-21(18)22/h5-15H,3-4,16-17H2,1-2H3. The summed E-state index contributed by atoms with van der Waals surface area (Å²) in [7, 11) is 0. The van der Waals surface area contributed by atoms with Crippen LogP contribution in [0.2, 0.25) is 0 Å². The quantitative estimate of drug-likeness (QED) is 0.389. The Kier molecular flexibility index (Phi) is 6.48. The Morgan fingerprint density at radius 2 is 1.58 bits per heavy atom. The van der Waals surface area contributed by atoms with E-state index in [1.54, 1.807) is 0 Å². The monoisotopic (exact) mass is 363 g/mol. The van der Waals surface area contributed by atoms with Crippen molar-refractivity contribution >= 4 is 28.3 Å². The van der Waals surface area contributed by atoms with Gasteiger partial charge in [-0.15, -0.1) is 11.8 Å². The summed E-state index contributed by atoms with van der Waals surface area (Å²) in [6.45, 7) is 7.67. The molecule has 3 aromatic carbocycles. The lowest BCUT2D eigenvalue weighted by molar-refractivity contribution is 0.104. The van der Waals surface area contributed by atoms with E-state index in [9.17, 15) is 4.79 Å². The topological polar surface area (TPSA) is 20.3 Å². The second-order valence-corrected chi connectivity index (χ2v) is 7.42. The fourth-order valence-electron chi connectivity index (χ4n) is 3.11. The Morgan fingerprint density at radius 1 is 0.885 bits per heavy atom. The molecule has 0 aliphatic rings. The zero-order valence-corrected chi connectivity index (χ0v) is 16.3. The van der Waals surface area contributed by atoms with E-state index in [4.69, 9.17) is 0 Å². The van der Waals surface area contributed by atoms with E-state index >= 15 is 0 Å². The van der Waals surface area contributed by atoms with Crippen molar-refractivity contribution in [1.29, 1.82) is 0 Å². The first-order valence-corrected chi connectivity index (χ1v) is 10.2. The maximum Gasteiger partial charge on any atom is 0.193 e. The van der Waals surface area contributed by atoms with Crippen LogP contribution in [0.1, 0.15) is 29.8 Å². The molecule has 2 nitrogen and oxygen atoms in total. The van der Waals surface area contributed by atoms with Gasteiger partial charge in [-0.2, -0.15) is 0 Å². The minimum atomic E-state index is 0.0847. The molecule has 0 aliphatic heterocycles. The number of thioether (sulfide) groups is 1. The van der Waals surface area contributed by atoms with E-state index < -0.39 is 0 Å². The van der Waals surface area contributed by atoms with Gasteiger partial charge in [0.2, 0.25) is 0 Å². The third-order valence-electron chi connectivity index (χ3n) is 4.72. The van der Waals surface area contributed by atoms with Crippen LogP contribution in [0.5, 0.6) is 0 Å². The molecule has 0 N–H and O–H groups in total. The molecule has 0 amide bonds. The molecular weight excluding hydrogens is 338 g/mol. The molecule has 0 radical (unpaired) electrons. The van der Waals surface area contributed by atoms with E-state index in [2.05, 4.69) is 30.9 Å². The van der Waals surface area contributed by atoms with E-state index in [-0.39, 0.29) is 5.78 Å². The van der Waals surface area contributed by atoms with Gasteiger partial charge in [-0.1, -0.05) is 56.3 Å². The van der Waals surface area contributed by atoms with Crippen molar-refractivity contribution in [3.05, 3.63) is 77.9 Å². The lowest BCUT2D eigenvalue weighted by Gasteiger charge is -2.17. The van der Waals surface area contributed by atoms with Gasteiger partial charge < -0.3 is 4.90 Å². The summed E-state index contributed by atoms with van der Waals surface area (Å²) in [5.41, 5.74) is 1.51. The number of hydrogen-bond acceptors (Lipinski definition) is 3. The van der Waals surface area contributed by atoms with Crippen molar-refractivity contribution < 1.29 is 4.79 Å². The van der Waals surface area contributed by atoms with Gasteiger partial charge in [-0.3, -0.25) is 4.79 Å². The van der Waals surface area contributed by atoms with Gasteiger partial charge in [0.15, 0.2) is 5.78 Å². The van der Waals surface area contributed by atoms with Crippen molar-refractivity contribution in [2.24, 2.45) is 0 Å². The Bertz CT molecular complexity index is 864. The van der Waals surface area contributed by atoms with Crippen LogP contribution in [-0.4, -0.2) is 36.1 Å². The maximum absolute atomic E-state index is 12.9. The van der Waals surface area contributed by atoms with Crippen LogP contribution in [-0.2, 0) is 0 Å². The smallest absolute Gasteiger partial charge is 0.193 e. The number of rotatable bonds is 8. The highest BCUT2D eigenvalue weighted by Gasteiger charge is 2.12. The summed E-state index contributed by atoms with van der Waals surface area (Å²) in [6.07, 6.45) is 0. The number of fused-ring (bicyclic) bond motifs is 1. The molecule has 0 saturated carbocycles. The highest BCUT2D eigenvalue weighted by atomic mass is 32.2. The Hall–Kier alpha value is -2.10. The van der Waals surface area contributed by atoms with E-state index in [0.29, 0.717) is 0 Å². The lowest BCUT2D eigenvalue weighted by Crippen LogP contribution is -2.25. The molecule has 3 rings (SSSR count). The van der Waals surface area contributed by atoms with Crippen LogP contribution < -0.4 is 0 Å². The number of carbonyl (C=O) groups is 1. The van der Waals surface area contributed by atoms with Crippen LogP contribution in [0.3, 0.4) is 0 Å². The molecule has 0 fully saturated rings. The summed E-state index contributed by atoms with van der Waals surface area (Å²) in [6, 6.07) is 22.0. The van der Waals surface area contributed by atoms with Gasteiger partial charge in [0.05, 0.1) is 0 Å². The number of hydrogen-bond donors (Lipinski definition) is 0. The molecule has 0 saturated heterocycles. The van der Waals surface area contributed by atoms with E-state index in [1.807, 2.05) is 66.4 Å². The molecule has 0 spiro atoms. The predicted molar refractivity (Wildman–Crippen MR) is 112 cm³/mol. The molecule has 0 aliphatic carbocycles. The van der Waals surface area contributed by atoms with Crippen LogP contribution in [0.4, 0.5) is 0 Å². The minimum absolute atomic E-state index is 0.0847. The number of ketones is 1. The highest BCUT2D eigenvalue weighted by Crippen LogP contribution is 2.23. The first kappa shape index (κ1) is 18.7. The Balaban J connectivity index is 1.71. The van der Waals surface area contributed by atoms with Crippen molar-refractivity contribution in [3.63, 3.8) is 0 Å². The largest absolute Gasteiger partial charge is 0.303 e. The SMILES string of the molecule is CCN(CC)CCSc1ccc(C(=O)c2cccc3ccccc23)cc1. The molecule has 134 valence electrons. The molecule has 0 unspecified atom stereocenters. The van der Waals surface area contributed by atoms with Gasteiger partial charge in [0.1, 0.15) is 0 Å². The maximum atomic E-state index is 12.9. The molecule has 0 bridgehead atoms. The summed E-state index contributed by atoms with van der Waals surface area (Å²) >= 11 is 1.85. The molecule has 3 heteroatoms. The summed E-state index contributed by atoms with van der Waals surface area (Å²) in [4.78, 5) is 16.6. The van der Waals surface area contributed by atoms with Gasteiger partial charge >= 0.3 is 0 Å². The van der Waals surface area contributed by atoms with Crippen molar-refractivity contribution in [2.45, 2.75) is 18.7 Å². The fourth-order valence-corrected chi connectivity index (χ4v) is 4.03. The zero-order chi connectivity index (χ0) is 18.4. The van der Waals surface area contributed by atoms with Gasteiger partial charge in [0.25, 0.3) is 0 Å². The second kappa shape index (κ2) is 9.02. The second-order valence-electron chi connectivity index (χ2n) is 6.26. The first-order chi connectivity index (χ1) is 12.7. The van der Waals surface area contributed by atoms with Crippen molar-refractivity contribution in [2.75, 3.05) is 25.4 Å². The van der Waals surface area contributed by atoms with Gasteiger partial charge in [-0.05, 0) is 48.1 Å². The van der Waals surface area contributed by atoms with E-state index in [0.717, 1.165) is 47.3 Å². The number of benzene rings is 3. The van der Waals surface area contributed by atoms with Crippen LogP contribution in [0.25, 0.3) is 10.8 Å². The normalized spacial score (nSPS) is 11.2. The third kappa shape index (κ3) is 4.35. The van der Waals surface area contributed by atoms with Crippen LogP contribution >= 0.6 is 11.8 Å². The highest BCUT2D eigenvalue weighted by molar-refractivity contribution is 7.99. The number of nitrogens with zero attached hydrogens (tertiary/aromatic N) is 1. The van der Waals surface area contributed by atoms with Gasteiger partial charge in [-0.25, -0.2) is 0 Å². The Labute approximate surface area is 160 Å². The summed E-state index contributed by atoms with van der Waals surface area (Å²) in [5, 5.41) is 2.11. The minimum Gasteiger partial charge on any atom is -0.303 e. The first-order valence-electron chi connectivity index (χ1n) is 9.20. The molecule has 0 atom stereocenters. The van der Waals surface area contributed by atoms with Crippen molar-refractivity contribution in [1.82, 2.24) is 4.90 Å². The zero-order valence-electron chi connectivity index (χ0n) is 15.4. The average molecular weight is 364 g/mol. The molecule has 3 aromatic rings. The lowest BCUT2D eigenvalue weighted by atomic mass is 9.97. The molecular formula is C23H25NOS. The van der Waals surface area contributed by atoms with Crippen molar-refractivity contribution in [3.8, 4) is 0 Å². The van der Waals surface area contributed by atoms with Crippen LogP contribution in [0.15, 0.2) is 71.6 Å². The van der Waals surface area contributed by atoms with E-state index in [1.165, 1.54) is 4.90 Å². The fraction of sp³-hybridized carbons (Fsp3) is 0.261. The Morgan fingerprint density at radius 3 is 2.31 bits per heavy atom. The average Bonchev–Trinajstić information content (AvgIpc) is 2.71. The summed E-state index contributed by atoms with van der Waals surface area (Å²) < 4.78 is 0. The molecule has 0 aromatic heterocycles. The van der Waals surface area contributed by atoms with Crippen LogP contribution in [0, 0.1) is 0 Å². The molecule has 26 heavy (non-hydrogen) atoms. The molecule has 0 heterocycles. The van der Waals surface area contributed by atoms with Gasteiger partial charge in [0, 0.05) is 28.3 Å². The predicted octanol–water partition coefficient (Wildman–Crippen LogP) is 5.50. The number of carbonyl (C=O) groups excluding carboxylic acids is 1. The summed E-state index contributed by atoms with van der Waals surface area (Å²) in [5.74, 6) is 1.15.